The van der Waals surface area contributed by atoms with Crippen LogP contribution in [0.1, 0.15) is 0 Å². The van der Waals surface area contributed by atoms with E-state index in [9.17, 15) is 4.79 Å². The molecule has 1 aliphatic rings. The molecular formula is C20H16N4O. The van der Waals surface area contributed by atoms with Crippen LogP contribution >= 0.6 is 0 Å². The lowest BCUT2D eigenvalue weighted by Crippen LogP contribution is -2.34. The smallest absolute Gasteiger partial charge is 0.289 e. The van der Waals surface area contributed by atoms with Gasteiger partial charge >= 0.3 is 0 Å². The van der Waals surface area contributed by atoms with E-state index in [1.807, 2.05) is 66.7 Å². The summed E-state index contributed by atoms with van der Waals surface area (Å²) in [6.45, 7) is 3.88. The molecule has 0 atom stereocenters. The largest absolute Gasteiger partial charge is 0.299 e. The highest BCUT2D eigenvalue weighted by Crippen LogP contribution is 2.21. The molecule has 2 N–H and O–H groups in total. The quantitative estimate of drug-likeness (QED) is 0.721. The molecule has 1 fully saturated rings. The maximum atomic E-state index is 12.6. The molecule has 1 heterocycles. The number of hydrazine groups is 1. The fraction of sp³-hybridized carbons (Fsp3) is 0. The average Bonchev–Trinajstić information content (AvgIpc) is 2.94. The molecule has 0 aromatic heterocycles. The lowest BCUT2D eigenvalue weighted by molar-refractivity contribution is -0.112. The minimum atomic E-state index is -0.246. The van der Waals surface area contributed by atoms with Gasteiger partial charge in [-0.15, -0.1) is 0 Å². The summed E-state index contributed by atoms with van der Waals surface area (Å²) in [6.07, 6.45) is 0. The number of rotatable bonds is 3. The maximum absolute atomic E-state index is 12.6. The number of para-hydroxylation sites is 1. The Morgan fingerprint density at radius 1 is 0.920 bits per heavy atom. The Morgan fingerprint density at radius 3 is 2.44 bits per heavy atom. The van der Waals surface area contributed by atoms with Crippen molar-refractivity contribution in [3.63, 3.8) is 0 Å². The van der Waals surface area contributed by atoms with Crippen LogP contribution in [0.5, 0.6) is 0 Å². The van der Waals surface area contributed by atoms with E-state index >= 15 is 0 Å². The van der Waals surface area contributed by atoms with Crippen molar-refractivity contribution in [3.05, 3.63) is 85.1 Å². The summed E-state index contributed by atoms with van der Waals surface area (Å²) in [5.41, 5.74) is 8.18. The molecule has 122 valence electrons. The van der Waals surface area contributed by atoms with Crippen molar-refractivity contribution in [1.29, 1.82) is 0 Å². The van der Waals surface area contributed by atoms with Crippen LogP contribution in [0.3, 0.4) is 0 Å². The number of hydrogen-bond donors (Lipinski definition) is 2. The van der Waals surface area contributed by atoms with E-state index in [0.717, 1.165) is 22.1 Å². The molecule has 4 rings (SSSR count). The van der Waals surface area contributed by atoms with Crippen LogP contribution in [0.25, 0.3) is 10.8 Å². The normalized spacial score (nSPS) is 15.7. The summed E-state index contributed by atoms with van der Waals surface area (Å²) >= 11 is 0. The molecule has 1 saturated heterocycles. The molecule has 5 nitrogen and oxygen atoms in total. The molecular weight excluding hydrogens is 312 g/mol. The Balaban J connectivity index is 1.58. The zero-order valence-corrected chi connectivity index (χ0v) is 13.4. The number of carbonyl (C=O) groups excluding carboxylic acids is 1. The van der Waals surface area contributed by atoms with E-state index in [2.05, 4.69) is 28.6 Å². The second-order valence-electron chi connectivity index (χ2n) is 5.70. The molecule has 0 unspecified atom stereocenters. The molecule has 0 aliphatic carbocycles. The first-order valence-corrected chi connectivity index (χ1v) is 7.90. The monoisotopic (exact) mass is 328 g/mol. The molecule has 1 aliphatic heterocycles. The molecule has 25 heavy (non-hydrogen) atoms. The number of nitrogens with zero attached hydrogens (tertiary/aromatic N) is 2. The van der Waals surface area contributed by atoms with Crippen molar-refractivity contribution >= 4 is 33.8 Å². The van der Waals surface area contributed by atoms with Crippen LogP contribution in [-0.2, 0) is 4.79 Å². The van der Waals surface area contributed by atoms with Gasteiger partial charge in [-0.3, -0.25) is 15.6 Å². The minimum Gasteiger partial charge on any atom is -0.289 e. The van der Waals surface area contributed by atoms with Gasteiger partial charge in [-0.05, 0) is 35.0 Å². The van der Waals surface area contributed by atoms with E-state index in [4.69, 9.17) is 0 Å². The fourth-order valence-electron chi connectivity index (χ4n) is 2.73. The number of fused-ring (bicyclic) bond motifs is 1. The van der Waals surface area contributed by atoms with Gasteiger partial charge in [-0.25, -0.2) is 5.01 Å². The van der Waals surface area contributed by atoms with Gasteiger partial charge in [0.05, 0.1) is 17.1 Å². The maximum Gasteiger partial charge on any atom is 0.299 e. The molecule has 0 saturated carbocycles. The highest BCUT2D eigenvalue weighted by atomic mass is 16.2. The van der Waals surface area contributed by atoms with Crippen LogP contribution in [0.15, 0.2) is 90.2 Å². The van der Waals surface area contributed by atoms with Crippen LogP contribution in [-0.4, -0.2) is 11.6 Å². The highest BCUT2D eigenvalue weighted by molar-refractivity contribution is 6.51. The summed E-state index contributed by atoms with van der Waals surface area (Å²) in [7, 11) is 0. The summed E-state index contributed by atoms with van der Waals surface area (Å²) < 4.78 is 0. The number of anilines is 2. The molecule has 0 radical (unpaired) electrons. The van der Waals surface area contributed by atoms with Crippen LogP contribution in [0.2, 0.25) is 0 Å². The summed E-state index contributed by atoms with van der Waals surface area (Å²) in [6, 6.07) is 23.3. The Hall–Kier alpha value is -3.60. The van der Waals surface area contributed by atoms with E-state index in [-0.39, 0.29) is 11.6 Å². The molecule has 5 heteroatoms. The summed E-state index contributed by atoms with van der Waals surface area (Å²) in [5, 5.41) is 7.94. The third kappa shape index (κ3) is 2.83. The van der Waals surface area contributed by atoms with Crippen molar-refractivity contribution in [3.8, 4) is 0 Å². The lowest BCUT2D eigenvalue weighted by atomic mass is 10.1. The standard InChI is InChI=1S/C20H16N4O/c1-14-19(20(25)24(23-14)18-9-3-2-4-10-18)22-21-17-12-11-15-7-5-6-8-16(15)13-17/h2-13,21,23H,1H2/b22-19+. The fourth-order valence-corrected chi connectivity index (χ4v) is 2.73. The van der Waals surface area contributed by atoms with Crippen molar-refractivity contribution in [2.75, 3.05) is 10.4 Å². The van der Waals surface area contributed by atoms with Crippen LogP contribution in [0, 0.1) is 0 Å². The number of nitrogens with one attached hydrogen (secondary N) is 2. The summed E-state index contributed by atoms with van der Waals surface area (Å²) in [5.74, 6) is -0.246. The van der Waals surface area contributed by atoms with Gasteiger partial charge in [0.2, 0.25) is 0 Å². The Labute approximate surface area is 145 Å². The Bertz CT molecular complexity index is 995. The topological polar surface area (TPSA) is 56.7 Å². The van der Waals surface area contributed by atoms with Gasteiger partial charge < -0.3 is 0 Å². The zero-order chi connectivity index (χ0) is 17.2. The SMILES string of the molecule is C=C1NN(c2ccccc2)C(=O)/C1=N/Nc1ccc2ccccc2c1. The van der Waals surface area contributed by atoms with Crippen molar-refractivity contribution in [1.82, 2.24) is 5.43 Å². The molecule has 0 bridgehead atoms. The third-order valence-electron chi connectivity index (χ3n) is 4.00. The van der Waals surface area contributed by atoms with Gasteiger partial charge in [0.25, 0.3) is 5.91 Å². The van der Waals surface area contributed by atoms with Crippen molar-refractivity contribution in [2.45, 2.75) is 0 Å². The number of hydrogen-bond acceptors (Lipinski definition) is 4. The van der Waals surface area contributed by atoms with Gasteiger partial charge in [0, 0.05) is 0 Å². The van der Waals surface area contributed by atoms with E-state index in [1.54, 1.807) is 0 Å². The van der Waals surface area contributed by atoms with E-state index in [0.29, 0.717) is 5.70 Å². The molecule has 1 amide bonds. The Kier molecular flexibility index (Phi) is 3.67. The minimum absolute atomic E-state index is 0.246. The first-order valence-electron chi connectivity index (χ1n) is 7.90. The second kappa shape index (κ2) is 6.13. The van der Waals surface area contributed by atoms with Gasteiger partial charge in [0.1, 0.15) is 0 Å². The number of amides is 1. The number of benzene rings is 3. The average molecular weight is 328 g/mol. The van der Waals surface area contributed by atoms with Gasteiger partial charge in [0.15, 0.2) is 5.71 Å². The lowest BCUT2D eigenvalue weighted by Gasteiger charge is -2.14. The predicted octanol–water partition coefficient (Wildman–Crippen LogP) is 3.67. The van der Waals surface area contributed by atoms with Gasteiger partial charge in [-0.2, -0.15) is 5.10 Å². The Morgan fingerprint density at radius 2 is 1.64 bits per heavy atom. The van der Waals surface area contributed by atoms with Gasteiger partial charge in [-0.1, -0.05) is 55.1 Å². The van der Waals surface area contributed by atoms with Crippen molar-refractivity contribution in [2.24, 2.45) is 5.10 Å². The molecule has 3 aromatic carbocycles. The number of carbonyl (C=O) groups is 1. The summed E-state index contributed by atoms with van der Waals surface area (Å²) in [4.78, 5) is 12.6. The first kappa shape index (κ1) is 15.0. The zero-order valence-electron chi connectivity index (χ0n) is 13.4. The van der Waals surface area contributed by atoms with Crippen LogP contribution in [0.4, 0.5) is 11.4 Å². The predicted molar refractivity (Wildman–Crippen MR) is 101 cm³/mol. The third-order valence-corrected chi connectivity index (χ3v) is 4.00. The highest BCUT2D eigenvalue weighted by Gasteiger charge is 2.32. The van der Waals surface area contributed by atoms with E-state index < -0.39 is 0 Å². The van der Waals surface area contributed by atoms with Crippen molar-refractivity contribution < 1.29 is 4.79 Å². The van der Waals surface area contributed by atoms with E-state index in [1.165, 1.54) is 5.01 Å². The molecule has 3 aromatic rings. The number of hydrazone groups is 1. The second-order valence-corrected chi connectivity index (χ2v) is 5.70. The molecule has 0 spiro atoms. The van der Waals surface area contributed by atoms with Crippen LogP contribution < -0.4 is 15.9 Å². The first-order chi connectivity index (χ1) is 12.2.